The second-order valence-corrected chi connectivity index (χ2v) is 9.56. The number of amides is 4. The van der Waals surface area contributed by atoms with Gasteiger partial charge >= 0.3 is 12.2 Å². The van der Waals surface area contributed by atoms with Crippen molar-refractivity contribution in [1.29, 1.82) is 0 Å². The summed E-state index contributed by atoms with van der Waals surface area (Å²) in [4.78, 5) is 39.5. The molecule has 1 heterocycles. The quantitative estimate of drug-likeness (QED) is 0.305. The zero-order chi connectivity index (χ0) is 28.7. The number of halogens is 3. The molecule has 6 N–H and O–H groups in total. The number of carbonyl (C=O) groups is 3. The van der Waals surface area contributed by atoms with E-state index in [1.807, 2.05) is 12.1 Å². The number of alkyl halides is 3. The van der Waals surface area contributed by atoms with Crippen LogP contribution in [0.2, 0.25) is 0 Å². The van der Waals surface area contributed by atoms with Crippen LogP contribution < -0.4 is 31.7 Å². The fourth-order valence-corrected chi connectivity index (χ4v) is 4.21. The number of anilines is 2. The molecular formula is C26H33F3N6O4. The van der Waals surface area contributed by atoms with Crippen molar-refractivity contribution in [2.45, 2.75) is 45.1 Å². The summed E-state index contributed by atoms with van der Waals surface area (Å²) in [5.41, 5.74) is 5.91. The number of nitrogens with two attached hydrogens (primary N) is 1. The van der Waals surface area contributed by atoms with Gasteiger partial charge in [-0.05, 0) is 56.2 Å². The number of nitrogen functional groups attached to an aromatic ring is 1. The predicted octanol–water partition coefficient (Wildman–Crippen LogP) is 2.95. The van der Waals surface area contributed by atoms with Gasteiger partial charge in [0.1, 0.15) is 5.75 Å². The summed E-state index contributed by atoms with van der Waals surface area (Å²) < 4.78 is 44.9. The third-order valence-corrected chi connectivity index (χ3v) is 6.01. The number of ether oxygens (including phenoxy) is 1. The van der Waals surface area contributed by atoms with Crippen molar-refractivity contribution < 1.29 is 32.3 Å². The second kappa shape index (κ2) is 12.7. The zero-order valence-electron chi connectivity index (χ0n) is 21.9. The van der Waals surface area contributed by atoms with E-state index < -0.39 is 41.7 Å². The van der Waals surface area contributed by atoms with Crippen LogP contribution in [-0.4, -0.2) is 61.6 Å². The summed E-state index contributed by atoms with van der Waals surface area (Å²) in [6.07, 6.45) is -4.00. The second-order valence-electron chi connectivity index (χ2n) is 9.56. The Bertz CT molecular complexity index is 1200. The average Bonchev–Trinajstić information content (AvgIpc) is 3.28. The maximum absolute atomic E-state index is 13.3. The van der Waals surface area contributed by atoms with Crippen LogP contribution in [0.5, 0.6) is 5.75 Å². The van der Waals surface area contributed by atoms with E-state index >= 15 is 0 Å². The largest absolute Gasteiger partial charge is 0.495 e. The first-order valence-electron chi connectivity index (χ1n) is 12.4. The standard InChI is InChI=1S/C26H33F3N6O4/c1-15(2)32-25(38)34-21-6-5-17(26(27,28)29)11-19(21)24(37)31-12-23(36)33-18-8-9-35(14-18)13-16-4-7-22(39-3)20(30)10-16/h4-7,10-11,15,18H,8-9,12-14,30H2,1-3H3,(H,31,37)(H,33,36)(H2,32,34,38)/t18-/m1/s1. The van der Waals surface area contributed by atoms with E-state index in [-0.39, 0.29) is 17.8 Å². The highest BCUT2D eigenvalue weighted by molar-refractivity contribution is 6.04. The van der Waals surface area contributed by atoms with Crippen LogP contribution in [0.1, 0.15) is 41.8 Å². The van der Waals surface area contributed by atoms with Gasteiger partial charge in [0.25, 0.3) is 5.91 Å². The smallest absolute Gasteiger partial charge is 0.416 e. The predicted molar refractivity (Wildman–Crippen MR) is 140 cm³/mol. The van der Waals surface area contributed by atoms with Gasteiger partial charge in [-0.1, -0.05) is 6.07 Å². The molecule has 1 fully saturated rings. The average molecular weight is 551 g/mol. The molecule has 39 heavy (non-hydrogen) atoms. The molecular weight excluding hydrogens is 517 g/mol. The number of hydrogen-bond acceptors (Lipinski definition) is 6. The Labute approximate surface area is 224 Å². The molecule has 0 radical (unpaired) electrons. The maximum atomic E-state index is 13.3. The molecule has 4 amide bonds. The molecule has 1 saturated heterocycles. The van der Waals surface area contributed by atoms with Crippen LogP contribution in [0.3, 0.4) is 0 Å². The highest BCUT2D eigenvalue weighted by Gasteiger charge is 2.32. The number of carbonyl (C=O) groups excluding carboxylic acids is 3. The molecule has 212 valence electrons. The molecule has 3 rings (SSSR count). The fourth-order valence-electron chi connectivity index (χ4n) is 4.21. The van der Waals surface area contributed by atoms with E-state index in [9.17, 15) is 27.6 Å². The Kier molecular flexibility index (Phi) is 9.62. The lowest BCUT2D eigenvalue weighted by Crippen LogP contribution is -2.43. The van der Waals surface area contributed by atoms with E-state index in [1.54, 1.807) is 27.0 Å². The first-order chi connectivity index (χ1) is 18.3. The summed E-state index contributed by atoms with van der Waals surface area (Å²) in [5.74, 6) is -0.816. The molecule has 1 aliphatic heterocycles. The summed E-state index contributed by atoms with van der Waals surface area (Å²) in [6, 6.07) is 6.88. The highest BCUT2D eigenvalue weighted by Crippen LogP contribution is 2.32. The fraction of sp³-hybridized carbons (Fsp3) is 0.423. The van der Waals surface area contributed by atoms with Gasteiger partial charge in [0.15, 0.2) is 0 Å². The van der Waals surface area contributed by atoms with E-state index in [4.69, 9.17) is 10.5 Å². The Hall–Kier alpha value is -4.00. The lowest BCUT2D eigenvalue weighted by Gasteiger charge is -2.18. The van der Waals surface area contributed by atoms with Crippen molar-refractivity contribution in [3.63, 3.8) is 0 Å². The molecule has 0 unspecified atom stereocenters. The van der Waals surface area contributed by atoms with Crippen molar-refractivity contribution >= 4 is 29.2 Å². The number of benzene rings is 2. The van der Waals surface area contributed by atoms with Gasteiger partial charge in [-0.3, -0.25) is 14.5 Å². The first kappa shape index (κ1) is 29.6. The molecule has 0 aliphatic carbocycles. The molecule has 0 spiro atoms. The summed E-state index contributed by atoms with van der Waals surface area (Å²) in [5, 5.41) is 10.1. The number of urea groups is 1. The van der Waals surface area contributed by atoms with Gasteiger partial charge in [-0.2, -0.15) is 13.2 Å². The lowest BCUT2D eigenvalue weighted by atomic mass is 10.1. The van der Waals surface area contributed by atoms with E-state index in [1.165, 1.54) is 0 Å². The topological polar surface area (TPSA) is 138 Å². The number of methoxy groups -OCH3 is 1. The van der Waals surface area contributed by atoms with Crippen LogP contribution in [-0.2, 0) is 17.5 Å². The molecule has 13 heteroatoms. The number of nitrogens with zero attached hydrogens (tertiary/aromatic N) is 1. The van der Waals surface area contributed by atoms with Crippen LogP contribution in [0.4, 0.5) is 29.3 Å². The van der Waals surface area contributed by atoms with Crippen LogP contribution >= 0.6 is 0 Å². The van der Waals surface area contributed by atoms with Gasteiger partial charge in [-0.15, -0.1) is 0 Å². The van der Waals surface area contributed by atoms with Gasteiger partial charge in [0, 0.05) is 31.7 Å². The van der Waals surface area contributed by atoms with Gasteiger partial charge in [0.2, 0.25) is 5.91 Å². The minimum Gasteiger partial charge on any atom is -0.495 e. The molecule has 0 aromatic heterocycles. The van der Waals surface area contributed by atoms with Crippen molar-refractivity contribution in [3.05, 3.63) is 53.1 Å². The highest BCUT2D eigenvalue weighted by atomic mass is 19.4. The third kappa shape index (κ3) is 8.50. The van der Waals surface area contributed by atoms with Crippen molar-refractivity contribution in [2.75, 3.05) is 37.8 Å². The molecule has 2 aromatic carbocycles. The minimum absolute atomic E-state index is 0.121. The normalized spacial score (nSPS) is 15.6. The Balaban J connectivity index is 1.56. The van der Waals surface area contributed by atoms with Crippen molar-refractivity contribution in [2.24, 2.45) is 0 Å². The third-order valence-electron chi connectivity index (χ3n) is 6.01. The van der Waals surface area contributed by atoms with Gasteiger partial charge < -0.3 is 31.7 Å². The Morgan fingerprint density at radius 2 is 1.90 bits per heavy atom. The van der Waals surface area contributed by atoms with E-state index in [0.717, 1.165) is 24.2 Å². The summed E-state index contributed by atoms with van der Waals surface area (Å²) in [6.45, 7) is 4.92. The van der Waals surface area contributed by atoms with E-state index in [0.29, 0.717) is 37.0 Å². The maximum Gasteiger partial charge on any atom is 0.416 e. The molecule has 0 saturated carbocycles. The molecule has 1 atom stereocenters. The molecule has 0 bridgehead atoms. The van der Waals surface area contributed by atoms with Crippen LogP contribution in [0.25, 0.3) is 0 Å². The van der Waals surface area contributed by atoms with E-state index in [2.05, 4.69) is 26.2 Å². The SMILES string of the molecule is COc1ccc(CN2CC[C@@H](NC(=O)CNC(=O)c3cc(C(F)(F)F)ccc3NC(=O)NC(C)C)C2)cc1N. The Morgan fingerprint density at radius 1 is 1.15 bits per heavy atom. The zero-order valence-corrected chi connectivity index (χ0v) is 21.9. The minimum atomic E-state index is -4.70. The van der Waals surface area contributed by atoms with Crippen LogP contribution in [0.15, 0.2) is 36.4 Å². The van der Waals surface area contributed by atoms with Crippen molar-refractivity contribution in [1.82, 2.24) is 20.9 Å². The summed E-state index contributed by atoms with van der Waals surface area (Å²) >= 11 is 0. The van der Waals surface area contributed by atoms with Crippen molar-refractivity contribution in [3.8, 4) is 5.75 Å². The van der Waals surface area contributed by atoms with Crippen LogP contribution in [0, 0.1) is 0 Å². The van der Waals surface area contributed by atoms with Gasteiger partial charge in [0.05, 0.1) is 36.2 Å². The monoisotopic (exact) mass is 550 g/mol. The number of nitrogens with one attached hydrogen (secondary N) is 4. The molecule has 10 nitrogen and oxygen atoms in total. The Morgan fingerprint density at radius 3 is 2.54 bits per heavy atom. The summed E-state index contributed by atoms with van der Waals surface area (Å²) in [7, 11) is 1.55. The lowest BCUT2D eigenvalue weighted by molar-refractivity contribution is -0.137. The number of likely N-dealkylation sites (tertiary alicyclic amines) is 1. The molecule has 1 aliphatic rings. The van der Waals surface area contributed by atoms with Gasteiger partial charge in [-0.25, -0.2) is 4.79 Å². The number of rotatable bonds is 9. The molecule has 2 aromatic rings. The number of hydrogen-bond donors (Lipinski definition) is 5. The first-order valence-corrected chi connectivity index (χ1v) is 12.4.